The summed E-state index contributed by atoms with van der Waals surface area (Å²) in [5, 5.41) is 0. The highest BCUT2D eigenvalue weighted by atomic mass is 16.5. The number of ether oxygens (including phenoxy) is 1. The highest BCUT2D eigenvalue weighted by Crippen LogP contribution is 2.67. The minimum Gasteiger partial charge on any atom is -0.458 e. The summed E-state index contributed by atoms with van der Waals surface area (Å²) in [5.41, 5.74) is 3.95. The average molecular weight is 355 g/mol. The van der Waals surface area contributed by atoms with Crippen LogP contribution < -0.4 is 0 Å². The molecule has 7 atom stereocenters. The monoisotopic (exact) mass is 354 g/mol. The zero-order chi connectivity index (χ0) is 18.1. The molecule has 0 saturated heterocycles. The van der Waals surface area contributed by atoms with Crippen LogP contribution in [0.25, 0.3) is 0 Å². The Labute approximate surface area is 158 Å². The highest BCUT2D eigenvalue weighted by molar-refractivity contribution is 5.85. The van der Waals surface area contributed by atoms with E-state index >= 15 is 0 Å². The standard InChI is InChI=1S/C24H34O2/c1-15-8-10-23(2)17(12-15)4-5-18-20-7-6-19(16-13-22(25)26-14-16)24(20,3)11-9-21(18)23/h4,13,15,18-21H,5-12,14H2,1-3H3/t15-,18?,19+,20?,21?,23-,24+/m0/s1. The normalized spacial score (nSPS) is 50.3. The predicted molar refractivity (Wildman–Crippen MR) is 103 cm³/mol. The van der Waals surface area contributed by atoms with Crippen LogP contribution in [-0.2, 0) is 9.53 Å². The molecule has 1 aliphatic heterocycles. The van der Waals surface area contributed by atoms with E-state index in [2.05, 4.69) is 26.8 Å². The van der Waals surface area contributed by atoms with Crippen LogP contribution in [0.1, 0.15) is 72.1 Å². The molecule has 5 aliphatic rings. The van der Waals surface area contributed by atoms with Gasteiger partial charge in [-0.2, -0.15) is 0 Å². The molecular formula is C24H34O2. The molecule has 0 aromatic carbocycles. The summed E-state index contributed by atoms with van der Waals surface area (Å²) >= 11 is 0. The van der Waals surface area contributed by atoms with Crippen LogP contribution in [0.4, 0.5) is 0 Å². The lowest BCUT2D eigenvalue weighted by Gasteiger charge is -2.58. The van der Waals surface area contributed by atoms with Gasteiger partial charge >= 0.3 is 5.97 Å². The molecule has 26 heavy (non-hydrogen) atoms. The smallest absolute Gasteiger partial charge is 0.331 e. The number of cyclic esters (lactones) is 1. The van der Waals surface area contributed by atoms with Gasteiger partial charge in [-0.3, -0.25) is 0 Å². The number of allylic oxidation sites excluding steroid dienone is 2. The summed E-state index contributed by atoms with van der Waals surface area (Å²) in [4.78, 5) is 11.6. The maximum atomic E-state index is 11.6. The first-order valence-electron chi connectivity index (χ1n) is 11.0. The van der Waals surface area contributed by atoms with E-state index in [0.29, 0.717) is 23.4 Å². The van der Waals surface area contributed by atoms with Gasteiger partial charge in [-0.1, -0.05) is 32.4 Å². The van der Waals surface area contributed by atoms with E-state index in [1.54, 1.807) is 5.57 Å². The molecule has 0 aromatic rings. The molecule has 2 heteroatoms. The summed E-state index contributed by atoms with van der Waals surface area (Å²) in [6.45, 7) is 8.13. The Morgan fingerprint density at radius 2 is 1.92 bits per heavy atom. The first-order chi connectivity index (χ1) is 12.4. The van der Waals surface area contributed by atoms with Gasteiger partial charge < -0.3 is 4.74 Å². The first kappa shape index (κ1) is 17.1. The van der Waals surface area contributed by atoms with Gasteiger partial charge in [0.2, 0.25) is 0 Å². The van der Waals surface area contributed by atoms with Crippen LogP contribution in [0.2, 0.25) is 0 Å². The average Bonchev–Trinajstić information content (AvgIpc) is 3.18. The quantitative estimate of drug-likeness (QED) is 0.447. The highest BCUT2D eigenvalue weighted by Gasteiger charge is 2.59. The molecule has 4 aliphatic carbocycles. The third-order valence-electron chi connectivity index (χ3n) is 9.48. The Morgan fingerprint density at radius 1 is 1.08 bits per heavy atom. The van der Waals surface area contributed by atoms with E-state index in [1.807, 2.05) is 6.08 Å². The fraction of sp³-hybridized carbons (Fsp3) is 0.792. The molecular weight excluding hydrogens is 320 g/mol. The minimum absolute atomic E-state index is 0.116. The number of hydrogen-bond acceptors (Lipinski definition) is 2. The predicted octanol–water partition coefficient (Wildman–Crippen LogP) is 5.68. The molecule has 3 fully saturated rings. The number of hydrogen-bond donors (Lipinski definition) is 0. The molecule has 3 saturated carbocycles. The van der Waals surface area contributed by atoms with E-state index in [9.17, 15) is 4.79 Å². The van der Waals surface area contributed by atoms with Gasteiger partial charge in [0.25, 0.3) is 0 Å². The molecule has 0 amide bonds. The molecule has 3 unspecified atom stereocenters. The second-order valence-electron chi connectivity index (χ2n) is 10.6. The Balaban J connectivity index is 1.45. The summed E-state index contributed by atoms with van der Waals surface area (Å²) in [6.07, 6.45) is 15.3. The van der Waals surface area contributed by atoms with Gasteiger partial charge in [0.1, 0.15) is 6.61 Å². The summed E-state index contributed by atoms with van der Waals surface area (Å²) in [5.74, 6) is 3.92. The molecule has 0 spiro atoms. The van der Waals surface area contributed by atoms with Crippen LogP contribution in [-0.4, -0.2) is 12.6 Å². The van der Waals surface area contributed by atoms with Crippen LogP contribution in [0.3, 0.4) is 0 Å². The van der Waals surface area contributed by atoms with Crippen LogP contribution in [0.15, 0.2) is 23.3 Å². The lowest BCUT2D eigenvalue weighted by atomic mass is 9.47. The van der Waals surface area contributed by atoms with Crippen LogP contribution in [0.5, 0.6) is 0 Å². The number of fused-ring (bicyclic) bond motifs is 5. The van der Waals surface area contributed by atoms with Crippen molar-refractivity contribution in [2.24, 2.45) is 40.4 Å². The van der Waals surface area contributed by atoms with Crippen molar-refractivity contribution < 1.29 is 9.53 Å². The second-order valence-corrected chi connectivity index (χ2v) is 10.6. The van der Waals surface area contributed by atoms with Gasteiger partial charge in [-0.25, -0.2) is 4.79 Å². The number of carbonyl (C=O) groups is 1. The van der Waals surface area contributed by atoms with Crippen LogP contribution >= 0.6 is 0 Å². The molecule has 1 heterocycles. The molecule has 0 N–H and O–H groups in total. The number of rotatable bonds is 1. The first-order valence-corrected chi connectivity index (χ1v) is 11.0. The topological polar surface area (TPSA) is 26.3 Å². The van der Waals surface area contributed by atoms with Gasteiger partial charge in [-0.15, -0.1) is 0 Å². The maximum absolute atomic E-state index is 11.6. The Hall–Kier alpha value is -1.05. The summed E-state index contributed by atoms with van der Waals surface area (Å²) in [7, 11) is 0. The lowest BCUT2D eigenvalue weighted by molar-refractivity contribution is -0.135. The van der Waals surface area contributed by atoms with E-state index in [-0.39, 0.29) is 5.97 Å². The van der Waals surface area contributed by atoms with E-state index in [4.69, 9.17) is 4.74 Å². The Bertz CT molecular complexity index is 688. The van der Waals surface area contributed by atoms with Crippen molar-refractivity contribution in [2.75, 3.05) is 6.61 Å². The second kappa shape index (κ2) is 5.72. The van der Waals surface area contributed by atoms with Crippen molar-refractivity contribution in [2.45, 2.75) is 72.1 Å². The van der Waals surface area contributed by atoms with Crippen molar-refractivity contribution in [1.82, 2.24) is 0 Å². The molecule has 0 aromatic heterocycles. The fourth-order valence-electron chi connectivity index (χ4n) is 8.04. The third-order valence-corrected chi connectivity index (χ3v) is 9.48. The zero-order valence-corrected chi connectivity index (χ0v) is 16.7. The number of carbonyl (C=O) groups excluding carboxylic acids is 1. The van der Waals surface area contributed by atoms with Crippen molar-refractivity contribution in [1.29, 1.82) is 0 Å². The van der Waals surface area contributed by atoms with Gasteiger partial charge in [-0.05, 0) is 97.4 Å². The molecule has 0 bridgehead atoms. The maximum Gasteiger partial charge on any atom is 0.331 e. The Morgan fingerprint density at radius 3 is 2.69 bits per heavy atom. The zero-order valence-electron chi connectivity index (χ0n) is 16.7. The fourth-order valence-corrected chi connectivity index (χ4v) is 8.04. The Kier molecular flexibility index (Phi) is 3.76. The molecule has 142 valence electrons. The van der Waals surface area contributed by atoms with Crippen molar-refractivity contribution in [3.8, 4) is 0 Å². The third kappa shape index (κ3) is 2.26. The minimum atomic E-state index is -0.116. The van der Waals surface area contributed by atoms with Crippen LogP contribution in [0, 0.1) is 40.4 Å². The molecule has 2 nitrogen and oxygen atoms in total. The molecule has 5 rings (SSSR count). The van der Waals surface area contributed by atoms with E-state index in [0.717, 1.165) is 23.7 Å². The van der Waals surface area contributed by atoms with Crippen molar-refractivity contribution in [3.63, 3.8) is 0 Å². The van der Waals surface area contributed by atoms with Gasteiger partial charge in [0.05, 0.1) is 0 Å². The largest absolute Gasteiger partial charge is 0.458 e. The summed E-state index contributed by atoms with van der Waals surface area (Å²) in [6, 6.07) is 0. The van der Waals surface area contributed by atoms with E-state index in [1.165, 1.54) is 56.9 Å². The lowest BCUT2D eigenvalue weighted by Crippen LogP contribution is -2.50. The SMILES string of the molecule is C[C@H]1CC[C@@]2(C)C(=CCC3C2CC[C@@]2(C)C3CC[C@@H]2C2=CC(=O)OC2)C1. The van der Waals surface area contributed by atoms with Gasteiger partial charge in [0, 0.05) is 6.08 Å². The van der Waals surface area contributed by atoms with Crippen molar-refractivity contribution >= 4 is 5.97 Å². The van der Waals surface area contributed by atoms with Gasteiger partial charge in [0.15, 0.2) is 0 Å². The summed E-state index contributed by atoms with van der Waals surface area (Å²) < 4.78 is 5.26. The molecule has 0 radical (unpaired) electrons. The van der Waals surface area contributed by atoms with Crippen molar-refractivity contribution in [3.05, 3.63) is 23.3 Å². The van der Waals surface area contributed by atoms with E-state index < -0.39 is 0 Å². The number of esters is 1.